The minimum absolute atomic E-state index is 0.00825. The molecule has 2 aliphatic carbocycles. The summed E-state index contributed by atoms with van der Waals surface area (Å²) in [4.78, 5) is 5.16. The van der Waals surface area contributed by atoms with Crippen LogP contribution in [0.3, 0.4) is 0 Å². The molecule has 9 rings (SSSR count). The summed E-state index contributed by atoms with van der Waals surface area (Å²) in [6.45, 7) is 30.7. The smallest absolute Gasteiger partial charge is 0.251 e. The molecule has 0 fully saturated rings. The third-order valence-electron chi connectivity index (χ3n) is 14.1. The Hall–Kier alpha value is -4.70. The molecule has 0 amide bonds. The lowest BCUT2D eigenvalue weighted by Gasteiger charge is -2.48. The molecule has 0 saturated carbocycles. The van der Waals surface area contributed by atoms with Gasteiger partial charge in [0.2, 0.25) is 0 Å². The third-order valence-corrected chi connectivity index (χ3v) is 14.1. The van der Waals surface area contributed by atoms with Crippen LogP contribution in [0.1, 0.15) is 114 Å². The van der Waals surface area contributed by atoms with E-state index in [0.29, 0.717) is 5.92 Å². The van der Waals surface area contributed by atoms with Crippen molar-refractivity contribution in [3.8, 4) is 0 Å². The van der Waals surface area contributed by atoms with Crippen LogP contribution in [-0.4, -0.2) is 6.71 Å². The SMILES string of the molecule is CC(C)(C)c1ccc(N2c3ccc(C(C)(C)C)cc3B3C4=CC(C(C)(C)C)CC=C4N(C4=CC[C@](C)(C(C)(C)C)C=C4)c4c3c2cc2c4oc3ccccc32)cc1. The second kappa shape index (κ2) is 12.4. The molecule has 0 radical (unpaired) electrons. The zero-order chi connectivity index (χ0) is 40.6. The summed E-state index contributed by atoms with van der Waals surface area (Å²) in [5, 5.41) is 2.31. The molecule has 2 atom stereocenters. The molecule has 1 unspecified atom stereocenters. The van der Waals surface area contributed by atoms with Gasteiger partial charge in [-0.25, -0.2) is 0 Å². The second-order valence-corrected chi connectivity index (χ2v) is 21.8. The zero-order valence-corrected chi connectivity index (χ0v) is 36.7. The number of rotatable bonds is 2. The number of nitrogens with zero attached hydrogens (tertiary/aromatic N) is 2. The first-order chi connectivity index (χ1) is 26.7. The van der Waals surface area contributed by atoms with E-state index < -0.39 is 0 Å². The molecular weight excluding hydrogens is 691 g/mol. The average Bonchev–Trinajstić information content (AvgIpc) is 3.52. The predicted molar refractivity (Wildman–Crippen MR) is 246 cm³/mol. The van der Waals surface area contributed by atoms with Gasteiger partial charge >= 0.3 is 0 Å². The van der Waals surface area contributed by atoms with Gasteiger partial charge in [-0.1, -0.05) is 157 Å². The molecule has 2 aliphatic heterocycles. The van der Waals surface area contributed by atoms with Crippen LogP contribution in [0.25, 0.3) is 21.9 Å². The van der Waals surface area contributed by atoms with Gasteiger partial charge in [0.1, 0.15) is 5.58 Å². The van der Waals surface area contributed by atoms with E-state index in [-0.39, 0.29) is 33.8 Å². The van der Waals surface area contributed by atoms with Gasteiger partial charge in [-0.15, -0.1) is 0 Å². The van der Waals surface area contributed by atoms with Crippen molar-refractivity contribution in [3.05, 3.63) is 131 Å². The van der Waals surface area contributed by atoms with E-state index in [0.717, 1.165) is 34.8 Å². The molecule has 4 heteroatoms. The first-order valence-corrected chi connectivity index (χ1v) is 21.3. The van der Waals surface area contributed by atoms with Crippen molar-refractivity contribution in [2.45, 2.75) is 114 Å². The molecule has 4 aromatic carbocycles. The van der Waals surface area contributed by atoms with E-state index in [9.17, 15) is 0 Å². The molecule has 1 aromatic heterocycles. The highest BCUT2D eigenvalue weighted by atomic mass is 16.3. The Bertz CT molecular complexity index is 2580. The van der Waals surface area contributed by atoms with E-state index in [4.69, 9.17) is 4.42 Å². The molecule has 0 saturated heterocycles. The fraction of sp³-hybridized carbons (Fsp3) is 0.396. The van der Waals surface area contributed by atoms with Crippen LogP contribution in [-0.2, 0) is 10.8 Å². The Morgan fingerprint density at radius 3 is 2.04 bits per heavy atom. The van der Waals surface area contributed by atoms with Crippen molar-refractivity contribution in [1.29, 1.82) is 0 Å². The van der Waals surface area contributed by atoms with E-state index in [1.54, 1.807) is 0 Å². The molecule has 292 valence electrons. The zero-order valence-electron chi connectivity index (χ0n) is 36.7. The summed E-state index contributed by atoms with van der Waals surface area (Å²) in [7, 11) is 0. The van der Waals surface area contributed by atoms with Crippen LogP contribution in [0.15, 0.2) is 124 Å². The molecule has 0 bridgehead atoms. The third kappa shape index (κ3) is 5.91. The van der Waals surface area contributed by atoms with E-state index in [1.807, 2.05) is 0 Å². The van der Waals surface area contributed by atoms with Gasteiger partial charge in [0.05, 0.1) is 5.69 Å². The van der Waals surface area contributed by atoms with Crippen molar-refractivity contribution >= 4 is 62.3 Å². The largest absolute Gasteiger partial charge is 0.454 e. The van der Waals surface area contributed by atoms with Crippen molar-refractivity contribution in [3.63, 3.8) is 0 Å². The monoisotopic (exact) mass is 752 g/mol. The van der Waals surface area contributed by atoms with Crippen LogP contribution in [0.5, 0.6) is 0 Å². The Balaban J connectivity index is 1.42. The Kier molecular flexibility index (Phi) is 8.24. The molecular formula is C53H61BN2O. The van der Waals surface area contributed by atoms with Crippen LogP contribution < -0.4 is 20.7 Å². The lowest BCUT2D eigenvalue weighted by atomic mass is 9.31. The minimum atomic E-state index is -0.00825. The highest BCUT2D eigenvalue weighted by molar-refractivity contribution is 6.96. The number of furan rings is 1. The number of anilines is 4. The van der Waals surface area contributed by atoms with Crippen molar-refractivity contribution < 1.29 is 4.42 Å². The number of fused-ring (bicyclic) bond motifs is 8. The first-order valence-electron chi connectivity index (χ1n) is 21.3. The Labute approximate surface area is 342 Å². The van der Waals surface area contributed by atoms with Crippen molar-refractivity contribution in [2.75, 3.05) is 9.80 Å². The van der Waals surface area contributed by atoms with Crippen LogP contribution >= 0.6 is 0 Å². The maximum absolute atomic E-state index is 7.10. The number of hydrogen-bond acceptors (Lipinski definition) is 3. The van der Waals surface area contributed by atoms with Gasteiger partial charge in [-0.2, -0.15) is 0 Å². The lowest BCUT2D eigenvalue weighted by Crippen LogP contribution is -2.58. The number of para-hydroxylation sites is 1. The molecule has 5 aromatic rings. The maximum Gasteiger partial charge on any atom is 0.251 e. The first kappa shape index (κ1) is 37.9. The van der Waals surface area contributed by atoms with Gasteiger partial charge in [0, 0.05) is 39.2 Å². The topological polar surface area (TPSA) is 19.6 Å². The fourth-order valence-electron chi connectivity index (χ4n) is 9.61. The number of benzene rings is 4. The second-order valence-electron chi connectivity index (χ2n) is 21.8. The van der Waals surface area contributed by atoms with E-state index in [1.165, 1.54) is 61.7 Å². The summed E-state index contributed by atoms with van der Waals surface area (Å²) >= 11 is 0. The van der Waals surface area contributed by atoms with Crippen LogP contribution in [0.2, 0.25) is 0 Å². The normalized spacial score (nSPS) is 21.0. The molecule has 3 heterocycles. The van der Waals surface area contributed by atoms with Crippen molar-refractivity contribution in [2.24, 2.45) is 22.2 Å². The number of hydrogen-bond donors (Lipinski definition) is 0. The minimum Gasteiger partial charge on any atom is -0.454 e. The van der Waals surface area contributed by atoms with Crippen LogP contribution in [0, 0.1) is 22.2 Å². The fourth-order valence-corrected chi connectivity index (χ4v) is 9.61. The lowest BCUT2D eigenvalue weighted by molar-refractivity contribution is 0.169. The van der Waals surface area contributed by atoms with Gasteiger partial charge in [-0.3, -0.25) is 0 Å². The van der Waals surface area contributed by atoms with Gasteiger partial charge in [0.15, 0.2) is 5.58 Å². The average molecular weight is 753 g/mol. The molecule has 0 spiro atoms. The highest BCUT2D eigenvalue weighted by Crippen LogP contribution is 2.53. The summed E-state index contributed by atoms with van der Waals surface area (Å²) in [6.07, 6.45) is 14.6. The number of allylic oxidation sites excluding steroid dienone is 6. The summed E-state index contributed by atoms with van der Waals surface area (Å²) in [5.41, 5.74) is 16.4. The summed E-state index contributed by atoms with van der Waals surface area (Å²) in [5.74, 6) is 0.412. The summed E-state index contributed by atoms with van der Waals surface area (Å²) in [6, 6.07) is 27.7. The van der Waals surface area contributed by atoms with E-state index >= 15 is 0 Å². The van der Waals surface area contributed by atoms with Crippen LogP contribution in [0.4, 0.5) is 22.7 Å². The maximum atomic E-state index is 7.10. The Morgan fingerprint density at radius 2 is 1.40 bits per heavy atom. The highest BCUT2D eigenvalue weighted by Gasteiger charge is 2.49. The molecule has 3 nitrogen and oxygen atoms in total. The van der Waals surface area contributed by atoms with Crippen molar-refractivity contribution in [1.82, 2.24) is 0 Å². The summed E-state index contributed by atoms with van der Waals surface area (Å²) < 4.78 is 7.10. The van der Waals surface area contributed by atoms with E-state index in [2.05, 4.69) is 203 Å². The van der Waals surface area contributed by atoms with Gasteiger partial charge < -0.3 is 14.2 Å². The molecule has 57 heavy (non-hydrogen) atoms. The molecule has 4 aliphatic rings. The standard InChI is InChI=1S/C53H61BN2O/c1-49(2,3)33-18-22-36(23-19-33)55-42-24-20-34(50(4,5)6)30-40(42)54-41-31-35(51(7,8)9)21-25-43(41)56(37-26-28-53(13,29-27-37)52(10,11)12)47-46(54)44(55)32-39-38-16-14-15-17-45(38)57-48(39)47/h14-20,22-28,30-32,35H,21,29H2,1-13H3/t35?,53-/m1/s1. The van der Waals surface area contributed by atoms with Gasteiger partial charge in [0.25, 0.3) is 6.71 Å². The quantitative estimate of drug-likeness (QED) is 0.167. The Morgan fingerprint density at radius 1 is 0.719 bits per heavy atom. The predicted octanol–water partition coefficient (Wildman–Crippen LogP) is 13.7. The molecule has 0 N–H and O–H groups in total. The van der Waals surface area contributed by atoms with Gasteiger partial charge in [-0.05, 0) is 110 Å².